The zero-order valence-corrected chi connectivity index (χ0v) is 12.1. The van der Waals surface area contributed by atoms with E-state index >= 15 is 0 Å². The summed E-state index contributed by atoms with van der Waals surface area (Å²) in [5, 5.41) is 9.22. The molecule has 0 aliphatic carbocycles. The number of unbranched alkanes of at least 4 members (excludes halogenated alkanes) is 2. The monoisotopic (exact) mass is 271 g/mol. The smallest absolute Gasteiger partial charge is 0.135 e. The van der Waals surface area contributed by atoms with E-state index in [2.05, 4.69) is 28.7 Å². The lowest BCUT2D eigenvalue weighted by Crippen LogP contribution is -2.20. The van der Waals surface area contributed by atoms with E-state index in [0.29, 0.717) is 5.15 Å². The van der Waals surface area contributed by atoms with E-state index in [1.807, 2.05) is 7.05 Å². The molecule has 0 saturated carbocycles. The summed E-state index contributed by atoms with van der Waals surface area (Å²) in [5.74, 6) is 1.91. The van der Waals surface area contributed by atoms with Gasteiger partial charge in [0.15, 0.2) is 0 Å². The van der Waals surface area contributed by atoms with E-state index < -0.39 is 0 Å². The third kappa shape index (κ3) is 4.78. The van der Waals surface area contributed by atoms with Gasteiger partial charge in [0, 0.05) is 32.2 Å². The molecular formula is C13H22ClN3O. The SMILES string of the molecule is CC(C)c1nc(Cl)cc(N(C)CCCCCO)n1. The molecule has 102 valence electrons. The maximum atomic E-state index is 8.73. The number of nitrogens with zero attached hydrogens (tertiary/aromatic N) is 3. The Morgan fingerprint density at radius 1 is 1.28 bits per heavy atom. The second-order valence-corrected chi connectivity index (χ2v) is 5.15. The molecule has 1 rings (SSSR count). The Balaban J connectivity index is 2.64. The third-order valence-corrected chi connectivity index (χ3v) is 2.95. The minimum Gasteiger partial charge on any atom is -0.396 e. The quantitative estimate of drug-likeness (QED) is 0.612. The molecule has 0 spiro atoms. The van der Waals surface area contributed by atoms with Crippen molar-refractivity contribution >= 4 is 17.4 Å². The van der Waals surface area contributed by atoms with Crippen molar-refractivity contribution in [3.8, 4) is 0 Å². The Morgan fingerprint density at radius 2 is 2.00 bits per heavy atom. The number of hydrogen-bond donors (Lipinski definition) is 1. The molecule has 0 fully saturated rings. The molecular weight excluding hydrogens is 250 g/mol. The van der Waals surface area contributed by atoms with Crippen LogP contribution >= 0.6 is 11.6 Å². The van der Waals surface area contributed by atoms with Crippen LogP contribution in [-0.2, 0) is 0 Å². The van der Waals surface area contributed by atoms with Crippen LogP contribution in [0.15, 0.2) is 6.07 Å². The lowest BCUT2D eigenvalue weighted by molar-refractivity contribution is 0.283. The van der Waals surface area contributed by atoms with Gasteiger partial charge in [-0.3, -0.25) is 0 Å². The summed E-state index contributed by atoms with van der Waals surface area (Å²) in [6, 6.07) is 1.79. The van der Waals surface area contributed by atoms with Crippen LogP contribution in [0.4, 0.5) is 5.82 Å². The summed E-state index contributed by atoms with van der Waals surface area (Å²) < 4.78 is 0. The Morgan fingerprint density at radius 3 is 2.61 bits per heavy atom. The minimum atomic E-state index is 0.264. The van der Waals surface area contributed by atoms with Crippen molar-refractivity contribution in [3.05, 3.63) is 17.0 Å². The van der Waals surface area contributed by atoms with Crippen LogP contribution in [0.2, 0.25) is 5.15 Å². The second kappa shape index (κ2) is 7.54. The van der Waals surface area contributed by atoms with Crippen molar-refractivity contribution in [1.82, 2.24) is 9.97 Å². The van der Waals surface area contributed by atoms with Crippen LogP contribution in [0, 0.1) is 0 Å². The summed E-state index contributed by atoms with van der Waals surface area (Å²) in [6.45, 7) is 5.28. The second-order valence-electron chi connectivity index (χ2n) is 4.77. The molecule has 0 aliphatic rings. The number of aliphatic hydroxyl groups excluding tert-OH is 1. The van der Waals surface area contributed by atoms with Crippen LogP contribution in [0.25, 0.3) is 0 Å². The Labute approximate surface area is 114 Å². The first-order valence-electron chi connectivity index (χ1n) is 6.41. The number of aromatic nitrogens is 2. The van der Waals surface area contributed by atoms with Gasteiger partial charge >= 0.3 is 0 Å². The van der Waals surface area contributed by atoms with Crippen molar-refractivity contribution in [3.63, 3.8) is 0 Å². The summed E-state index contributed by atoms with van der Waals surface area (Å²) in [6.07, 6.45) is 2.92. The number of rotatable bonds is 7. The van der Waals surface area contributed by atoms with Gasteiger partial charge in [0.1, 0.15) is 16.8 Å². The number of hydrogen-bond acceptors (Lipinski definition) is 4. The van der Waals surface area contributed by atoms with Gasteiger partial charge < -0.3 is 10.0 Å². The van der Waals surface area contributed by atoms with Crippen molar-refractivity contribution in [1.29, 1.82) is 0 Å². The van der Waals surface area contributed by atoms with Crippen LogP contribution in [0.1, 0.15) is 44.9 Å². The van der Waals surface area contributed by atoms with E-state index in [0.717, 1.165) is 37.4 Å². The molecule has 1 N–H and O–H groups in total. The highest BCUT2D eigenvalue weighted by Gasteiger charge is 2.09. The normalized spacial score (nSPS) is 11.0. The highest BCUT2D eigenvalue weighted by atomic mass is 35.5. The molecule has 0 unspecified atom stereocenters. The number of halogens is 1. The average molecular weight is 272 g/mol. The van der Waals surface area contributed by atoms with Crippen molar-refractivity contribution in [2.24, 2.45) is 0 Å². The van der Waals surface area contributed by atoms with Gasteiger partial charge in [-0.2, -0.15) is 0 Å². The van der Waals surface area contributed by atoms with E-state index in [9.17, 15) is 0 Å². The van der Waals surface area contributed by atoms with Crippen molar-refractivity contribution < 1.29 is 5.11 Å². The van der Waals surface area contributed by atoms with Gasteiger partial charge in [-0.25, -0.2) is 9.97 Å². The van der Waals surface area contributed by atoms with Gasteiger partial charge in [0.05, 0.1) is 0 Å². The van der Waals surface area contributed by atoms with Gasteiger partial charge in [-0.15, -0.1) is 0 Å². The first kappa shape index (κ1) is 15.2. The van der Waals surface area contributed by atoms with Crippen molar-refractivity contribution in [2.75, 3.05) is 25.1 Å². The van der Waals surface area contributed by atoms with Crippen molar-refractivity contribution in [2.45, 2.75) is 39.0 Å². The molecule has 1 aromatic rings. The Bertz CT molecular complexity index is 371. The predicted octanol–water partition coefficient (Wildman–Crippen LogP) is 2.85. The maximum Gasteiger partial charge on any atom is 0.135 e. The molecule has 0 radical (unpaired) electrons. The first-order valence-corrected chi connectivity index (χ1v) is 6.79. The average Bonchev–Trinajstić information content (AvgIpc) is 2.33. The highest BCUT2D eigenvalue weighted by molar-refractivity contribution is 6.29. The molecule has 0 aliphatic heterocycles. The molecule has 1 heterocycles. The zero-order chi connectivity index (χ0) is 13.5. The molecule has 5 heteroatoms. The molecule has 0 aromatic carbocycles. The van der Waals surface area contributed by atoms with Gasteiger partial charge in [-0.05, 0) is 19.3 Å². The lowest BCUT2D eigenvalue weighted by Gasteiger charge is -2.19. The molecule has 0 amide bonds. The summed E-state index contributed by atoms with van der Waals surface area (Å²) >= 11 is 6.01. The van der Waals surface area contributed by atoms with Crippen LogP contribution < -0.4 is 4.90 Å². The summed E-state index contributed by atoms with van der Waals surface area (Å²) in [4.78, 5) is 10.8. The molecule has 0 bridgehead atoms. The summed E-state index contributed by atoms with van der Waals surface area (Å²) in [7, 11) is 2.00. The minimum absolute atomic E-state index is 0.264. The maximum absolute atomic E-state index is 8.73. The molecule has 1 aromatic heterocycles. The van der Waals surface area contributed by atoms with E-state index in [1.54, 1.807) is 6.07 Å². The van der Waals surface area contributed by atoms with E-state index in [-0.39, 0.29) is 12.5 Å². The molecule has 0 atom stereocenters. The fourth-order valence-electron chi connectivity index (χ4n) is 1.63. The topological polar surface area (TPSA) is 49.2 Å². The van der Waals surface area contributed by atoms with Crippen LogP contribution in [0.3, 0.4) is 0 Å². The largest absolute Gasteiger partial charge is 0.396 e. The molecule has 0 saturated heterocycles. The van der Waals surface area contributed by atoms with E-state index in [1.165, 1.54) is 0 Å². The molecule has 4 nitrogen and oxygen atoms in total. The van der Waals surface area contributed by atoms with Gasteiger partial charge in [0.25, 0.3) is 0 Å². The zero-order valence-electron chi connectivity index (χ0n) is 11.4. The number of anilines is 1. The lowest BCUT2D eigenvalue weighted by atomic mass is 10.2. The Kier molecular flexibility index (Phi) is 6.36. The first-order chi connectivity index (χ1) is 8.54. The van der Waals surface area contributed by atoms with Crippen LogP contribution in [-0.4, -0.2) is 35.3 Å². The molecule has 18 heavy (non-hydrogen) atoms. The Hall–Kier alpha value is -0.870. The fraction of sp³-hybridized carbons (Fsp3) is 0.692. The van der Waals surface area contributed by atoms with Gasteiger partial charge in [-0.1, -0.05) is 25.4 Å². The fourth-order valence-corrected chi connectivity index (χ4v) is 1.81. The highest BCUT2D eigenvalue weighted by Crippen LogP contribution is 2.19. The summed E-state index contributed by atoms with van der Waals surface area (Å²) in [5.41, 5.74) is 0. The third-order valence-electron chi connectivity index (χ3n) is 2.76. The van der Waals surface area contributed by atoms with E-state index in [4.69, 9.17) is 16.7 Å². The standard InChI is InChI=1S/C13H22ClN3O/c1-10(2)13-15-11(14)9-12(16-13)17(3)7-5-4-6-8-18/h9-10,18H,4-8H2,1-3H3. The van der Waals surface area contributed by atoms with Crippen LogP contribution in [0.5, 0.6) is 0 Å². The van der Waals surface area contributed by atoms with Gasteiger partial charge in [0.2, 0.25) is 0 Å². The number of aliphatic hydroxyl groups is 1. The predicted molar refractivity (Wildman–Crippen MR) is 75.3 cm³/mol.